The van der Waals surface area contributed by atoms with Gasteiger partial charge in [-0.05, 0) is 43.5 Å². The maximum absolute atomic E-state index is 13.6. The van der Waals surface area contributed by atoms with Crippen LogP contribution in [0.2, 0.25) is 0 Å². The van der Waals surface area contributed by atoms with E-state index in [0.29, 0.717) is 4.90 Å². The van der Waals surface area contributed by atoms with Crippen molar-refractivity contribution in [2.24, 2.45) is 0 Å². The van der Waals surface area contributed by atoms with E-state index in [1.807, 2.05) is 25.1 Å². The minimum absolute atomic E-state index is 0.0271. The molecule has 21 heavy (non-hydrogen) atoms. The monoisotopic (exact) mass is 303 g/mol. The predicted molar refractivity (Wildman–Crippen MR) is 85.3 cm³/mol. The summed E-state index contributed by atoms with van der Waals surface area (Å²) in [6.45, 7) is 1.92. The Labute approximate surface area is 129 Å². The van der Waals surface area contributed by atoms with Crippen molar-refractivity contribution in [1.82, 2.24) is 5.32 Å². The third-order valence-corrected chi connectivity index (χ3v) is 3.56. The van der Waals surface area contributed by atoms with E-state index in [1.165, 1.54) is 23.8 Å². The van der Waals surface area contributed by atoms with Gasteiger partial charge >= 0.3 is 0 Å². The van der Waals surface area contributed by atoms with Gasteiger partial charge in [-0.3, -0.25) is 4.79 Å². The SMILES string of the molecule is CC(CCc1ccccc1)NC(=O)c1cc(S)ccc1F. The van der Waals surface area contributed by atoms with Crippen molar-refractivity contribution in [3.05, 3.63) is 65.5 Å². The molecule has 1 N–H and O–H groups in total. The Morgan fingerprint density at radius 1 is 1.24 bits per heavy atom. The summed E-state index contributed by atoms with van der Waals surface area (Å²) >= 11 is 4.13. The third-order valence-electron chi connectivity index (χ3n) is 3.28. The topological polar surface area (TPSA) is 29.1 Å². The van der Waals surface area contributed by atoms with E-state index in [9.17, 15) is 9.18 Å². The minimum atomic E-state index is -0.527. The minimum Gasteiger partial charge on any atom is -0.349 e. The zero-order chi connectivity index (χ0) is 15.2. The second-order valence-corrected chi connectivity index (χ2v) is 5.58. The molecule has 0 fully saturated rings. The van der Waals surface area contributed by atoms with Crippen molar-refractivity contribution < 1.29 is 9.18 Å². The number of rotatable bonds is 5. The average Bonchev–Trinajstić information content (AvgIpc) is 2.48. The fourth-order valence-corrected chi connectivity index (χ4v) is 2.29. The van der Waals surface area contributed by atoms with Gasteiger partial charge < -0.3 is 5.32 Å². The molecule has 0 heterocycles. The number of thiol groups is 1. The molecule has 0 bridgehead atoms. The fraction of sp³-hybridized carbons (Fsp3) is 0.235. The summed E-state index contributed by atoms with van der Waals surface area (Å²) in [7, 11) is 0. The number of hydrogen-bond acceptors (Lipinski definition) is 2. The fourth-order valence-electron chi connectivity index (χ4n) is 2.09. The molecule has 0 aliphatic rings. The number of carbonyl (C=O) groups is 1. The maximum atomic E-state index is 13.6. The highest BCUT2D eigenvalue weighted by molar-refractivity contribution is 7.80. The molecule has 4 heteroatoms. The highest BCUT2D eigenvalue weighted by atomic mass is 32.1. The Balaban J connectivity index is 1.91. The number of halogens is 1. The van der Waals surface area contributed by atoms with Gasteiger partial charge in [-0.1, -0.05) is 30.3 Å². The lowest BCUT2D eigenvalue weighted by molar-refractivity contribution is 0.0934. The summed E-state index contributed by atoms with van der Waals surface area (Å²) in [6, 6.07) is 14.3. The van der Waals surface area contributed by atoms with E-state index in [2.05, 4.69) is 30.1 Å². The van der Waals surface area contributed by atoms with Crippen LogP contribution in [0.25, 0.3) is 0 Å². The smallest absolute Gasteiger partial charge is 0.254 e. The first-order valence-corrected chi connectivity index (χ1v) is 7.34. The van der Waals surface area contributed by atoms with E-state index in [4.69, 9.17) is 0 Å². The first-order valence-electron chi connectivity index (χ1n) is 6.89. The van der Waals surface area contributed by atoms with Gasteiger partial charge in [0.25, 0.3) is 5.91 Å². The maximum Gasteiger partial charge on any atom is 0.254 e. The third kappa shape index (κ3) is 4.60. The number of nitrogens with one attached hydrogen (secondary N) is 1. The largest absolute Gasteiger partial charge is 0.349 e. The quantitative estimate of drug-likeness (QED) is 0.807. The van der Waals surface area contributed by atoms with Crippen molar-refractivity contribution in [3.8, 4) is 0 Å². The number of hydrogen-bond donors (Lipinski definition) is 2. The molecule has 110 valence electrons. The molecule has 0 saturated heterocycles. The highest BCUT2D eigenvalue weighted by Crippen LogP contribution is 2.14. The van der Waals surface area contributed by atoms with Crippen molar-refractivity contribution in [1.29, 1.82) is 0 Å². The molecular weight excluding hydrogens is 285 g/mol. The van der Waals surface area contributed by atoms with E-state index >= 15 is 0 Å². The predicted octanol–water partition coefficient (Wildman–Crippen LogP) is 3.87. The van der Waals surface area contributed by atoms with Gasteiger partial charge in [0.05, 0.1) is 5.56 Å². The molecule has 0 saturated carbocycles. The normalized spacial score (nSPS) is 12.0. The van der Waals surface area contributed by atoms with Crippen LogP contribution < -0.4 is 5.32 Å². The first kappa shape index (κ1) is 15.6. The van der Waals surface area contributed by atoms with Gasteiger partial charge in [0.15, 0.2) is 0 Å². The lowest BCUT2D eigenvalue weighted by Crippen LogP contribution is -2.33. The summed E-state index contributed by atoms with van der Waals surface area (Å²) in [4.78, 5) is 12.6. The molecule has 0 aliphatic heterocycles. The van der Waals surface area contributed by atoms with Crippen LogP contribution in [-0.2, 0) is 6.42 Å². The highest BCUT2D eigenvalue weighted by Gasteiger charge is 2.14. The summed E-state index contributed by atoms with van der Waals surface area (Å²) in [5, 5.41) is 2.82. The summed E-state index contributed by atoms with van der Waals surface area (Å²) in [6.07, 6.45) is 1.68. The second-order valence-electron chi connectivity index (χ2n) is 5.06. The molecular formula is C17H18FNOS. The Kier molecular flexibility index (Phi) is 5.39. The van der Waals surface area contributed by atoms with Gasteiger partial charge in [0.2, 0.25) is 0 Å². The van der Waals surface area contributed by atoms with Crippen molar-refractivity contribution in [2.75, 3.05) is 0 Å². The average molecular weight is 303 g/mol. The Bertz CT molecular complexity index is 615. The van der Waals surface area contributed by atoms with Gasteiger partial charge in [0, 0.05) is 10.9 Å². The van der Waals surface area contributed by atoms with E-state index < -0.39 is 11.7 Å². The van der Waals surface area contributed by atoms with Crippen molar-refractivity contribution in [2.45, 2.75) is 30.7 Å². The number of carbonyl (C=O) groups excluding carboxylic acids is 1. The Morgan fingerprint density at radius 3 is 2.67 bits per heavy atom. The van der Waals surface area contributed by atoms with Crippen LogP contribution in [0.4, 0.5) is 4.39 Å². The molecule has 1 unspecified atom stereocenters. The summed E-state index contributed by atoms with van der Waals surface area (Å²) in [5.74, 6) is -0.926. The lowest BCUT2D eigenvalue weighted by Gasteiger charge is -2.14. The van der Waals surface area contributed by atoms with Gasteiger partial charge in [-0.25, -0.2) is 4.39 Å². The van der Waals surface area contributed by atoms with Gasteiger partial charge in [-0.15, -0.1) is 12.6 Å². The van der Waals surface area contributed by atoms with Crippen LogP contribution in [0.5, 0.6) is 0 Å². The van der Waals surface area contributed by atoms with Crippen LogP contribution in [0.1, 0.15) is 29.3 Å². The summed E-state index contributed by atoms with van der Waals surface area (Å²) in [5.41, 5.74) is 1.26. The number of aryl methyl sites for hydroxylation is 1. The molecule has 2 aromatic carbocycles. The van der Waals surface area contributed by atoms with Crippen LogP contribution in [0.15, 0.2) is 53.4 Å². The zero-order valence-corrected chi connectivity index (χ0v) is 12.7. The van der Waals surface area contributed by atoms with E-state index in [-0.39, 0.29) is 11.6 Å². The molecule has 2 aromatic rings. The summed E-state index contributed by atoms with van der Waals surface area (Å²) < 4.78 is 13.6. The molecule has 2 nitrogen and oxygen atoms in total. The first-order chi connectivity index (χ1) is 10.1. The molecule has 1 atom stereocenters. The van der Waals surface area contributed by atoms with Crippen LogP contribution in [-0.4, -0.2) is 11.9 Å². The van der Waals surface area contributed by atoms with Gasteiger partial charge in [0.1, 0.15) is 5.82 Å². The lowest BCUT2D eigenvalue weighted by atomic mass is 10.1. The van der Waals surface area contributed by atoms with E-state index in [0.717, 1.165) is 12.8 Å². The van der Waals surface area contributed by atoms with E-state index in [1.54, 1.807) is 0 Å². The van der Waals surface area contributed by atoms with Crippen molar-refractivity contribution >= 4 is 18.5 Å². The number of amides is 1. The molecule has 0 aliphatic carbocycles. The number of benzene rings is 2. The standard InChI is InChI=1S/C17H18FNOS/c1-12(7-8-13-5-3-2-4-6-13)19-17(20)15-11-14(21)9-10-16(15)18/h2-6,9-12,21H,7-8H2,1H3,(H,19,20). The van der Waals surface area contributed by atoms with Gasteiger partial charge in [-0.2, -0.15) is 0 Å². The van der Waals surface area contributed by atoms with Crippen LogP contribution >= 0.6 is 12.6 Å². The Morgan fingerprint density at radius 2 is 1.95 bits per heavy atom. The molecule has 1 amide bonds. The van der Waals surface area contributed by atoms with Crippen LogP contribution in [0.3, 0.4) is 0 Å². The Hall–Kier alpha value is -1.81. The van der Waals surface area contributed by atoms with Crippen molar-refractivity contribution in [3.63, 3.8) is 0 Å². The second kappa shape index (κ2) is 7.27. The molecule has 0 aromatic heterocycles. The molecule has 0 radical (unpaired) electrons. The van der Waals surface area contributed by atoms with Crippen LogP contribution in [0, 0.1) is 5.82 Å². The molecule has 0 spiro atoms. The molecule has 2 rings (SSSR count). The zero-order valence-electron chi connectivity index (χ0n) is 11.8.